The van der Waals surface area contributed by atoms with Crippen LogP contribution in [0.2, 0.25) is 0 Å². The summed E-state index contributed by atoms with van der Waals surface area (Å²) >= 11 is 0. The lowest BCUT2D eigenvalue weighted by atomic mass is 9.95. The highest BCUT2D eigenvalue weighted by Crippen LogP contribution is 2.18. The SMILES string of the molecule is Cc1cc(C)c(CC(=O)c2cn[nH]n2)c(C)c1. The molecule has 0 amide bonds. The van der Waals surface area contributed by atoms with Crippen LogP contribution < -0.4 is 0 Å². The van der Waals surface area contributed by atoms with Crippen LogP contribution in [0.3, 0.4) is 0 Å². The highest BCUT2D eigenvalue weighted by Gasteiger charge is 2.13. The van der Waals surface area contributed by atoms with Crippen molar-refractivity contribution < 1.29 is 4.79 Å². The number of H-pyrrole nitrogens is 1. The number of aryl methyl sites for hydroxylation is 3. The van der Waals surface area contributed by atoms with Crippen LogP contribution in [0.15, 0.2) is 18.3 Å². The van der Waals surface area contributed by atoms with Gasteiger partial charge < -0.3 is 0 Å². The molecule has 0 saturated heterocycles. The van der Waals surface area contributed by atoms with E-state index in [-0.39, 0.29) is 5.78 Å². The molecule has 4 nitrogen and oxygen atoms in total. The van der Waals surface area contributed by atoms with Crippen molar-refractivity contribution in [3.05, 3.63) is 46.3 Å². The van der Waals surface area contributed by atoms with Crippen LogP contribution >= 0.6 is 0 Å². The van der Waals surface area contributed by atoms with Crippen molar-refractivity contribution >= 4 is 5.78 Å². The first-order valence-corrected chi connectivity index (χ1v) is 5.53. The zero-order valence-corrected chi connectivity index (χ0v) is 10.2. The van der Waals surface area contributed by atoms with Crippen molar-refractivity contribution in [2.45, 2.75) is 27.2 Å². The van der Waals surface area contributed by atoms with Crippen LogP contribution in [0.4, 0.5) is 0 Å². The molecule has 0 atom stereocenters. The van der Waals surface area contributed by atoms with E-state index in [9.17, 15) is 4.79 Å². The van der Waals surface area contributed by atoms with Crippen LogP contribution in [0, 0.1) is 20.8 Å². The molecule has 17 heavy (non-hydrogen) atoms. The first-order valence-electron chi connectivity index (χ1n) is 5.53. The lowest BCUT2D eigenvalue weighted by molar-refractivity contribution is 0.0987. The van der Waals surface area contributed by atoms with Gasteiger partial charge in [0.05, 0.1) is 6.20 Å². The third-order valence-corrected chi connectivity index (χ3v) is 2.88. The number of nitrogens with zero attached hydrogens (tertiary/aromatic N) is 2. The molecule has 0 bridgehead atoms. The molecular formula is C13H15N3O. The molecule has 0 saturated carbocycles. The molecule has 1 N–H and O–H groups in total. The Morgan fingerprint density at radius 3 is 2.41 bits per heavy atom. The third kappa shape index (κ3) is 2.41. The lowest BCUT2D eigenvalue weighted by Gasteiger charge is -2.09. The Labute approximate surface area is 100 Å². The first kappa shape index (κ1) is 11.5. The smallest absolute Gasteiger partial charge is 0.189 e. The molecule has 1 heterocycles. The zero-order valence-electron chi connectivity index (χ0n) is 10.2. The topological polar surface area (TPSA) is 58.6 Å². The molecule has 0 radical (unpaired) electrons. The Morgan fingerprint density at radius 1 is 1.24 bits per heavy atom. The number of aromatic nitrogens is 3. The summed E-state index contributed by atoms with van der Waals surface area (Å²) in [4.78, 5) is 11.9. The van der Waals surface area contributed by atoms with Gasteiger partial charge >= 0.3 is 0 Å². The number of carbonyl (C=O) groups excluding carboxylic acids is 1. The van der Waals surface area contributed by atoms with E-state index in [0.29, 0.717) is 12.1 Å². The van der Waals surface area contributed by atoms with Crippen molar-refractivity contribution in [3.63, 3.8) is 0 Å². The second-order valence-electron chi connectivity index (χ2n) is 4.33. The maximum Gasteiger partial charge on any atom is 0.189 e. The van der Waals surface area contributed by atoms with Gasteiger partial charge in [-0.1, -0.05) is 17.7 Å². The van der Waals surface area contributed by atoms with Crippen molar-refractivity contribution in [2.75, 3.05) is 0 Å². The summed E-state index contributed by atoms with van der Waals surface area (Å²) in [5, 5.41) is 9.90. The minimum atomic E-state index is -0.00574. The maximum atomic E-state index is 11.9. The first-order chi connectivity index (χ1) is 8.08. The van der Waals surface area contributed by atoms with E-state index in [2.05, 4.69) is 34.5 Å². The van der Waals surface area contributed by atoms with Crippen LogP contribution in [-0.4, -0.2) is 21.2 Å². The molecule has 1 aromatic carbocycles. The second-order valence-corrected chi connectivity index (χ2v) is 4.33. The van der Waals surface area contributed by atoms with Gasteiger partial charge in [0.25, 0.3) is 0 Å². The van der Waals surface area contributed by atoms with E-state index in [1.54, 1.807) is 0 Å². The fourth-order valence-electron chi connectivity index (χ4n) is 2.08. The van der Waals surface area contributed by atoms with Gasteiger partial charge in [0.2, 0.25) is 0 Å². The van der Waals surface area contributed by atoms with E-state index in [1.807, 2.05) is 13.8 Å². The van der Waals surface area contributed by atoms with Gasteiger partial charge in [-0.25, -0.2) is 0 Å². The predicted molar refractivity (Wildman–Crippen MR) is 65.1 cm³/mol. The Morgan fingerprint density at radius 2 is 1.88 bits per heavy atom. The third-order valence-electron chi connectivity index (χ3n) is 2.88. The molecule has 0 aliphatic rings. The minimum Gasteiger partial charge on any atom is -0.292 e. The van der Waals surface area contributed by atoms with Crippen LogP contribution in [0.1, 0.15) is 32.7 Å². The fourth-order valence-corrected chi connectivity index (χ4v) is 2.08. The van der Waals surface area contributed by atoms with Crippen LogP contribution in [0.25, 0.3) is 0 Å². The summed E-state index contributed by atoms with van der Waals surface area (Å²) in [6.45, 7) is 6.13. The van der Waals surface area contributed by atoms with Gasteiger partial charge in [-0.2, -0.15) is 15.4 Å². The Kier molecular flexibility index (Phi) is 3.04. The molecule has 0 aliphatic carbocycles. The van der Waals surface area contributed by atoms with E-state index < -0.39 is 0 Å². The standard InChI is InChI=1S/C13H15N3O/c1-8-4-9(2)11(10(3)5-8)6-13(17)12-7-14-16-15-12/h4-5,7H,6H2,1-3H3,(H,14,15,16). The number of Topliss-reactive ketones (excluding diaryl/α,β-unsaturated/α-hetero) is 1. The predicted octanol–water partition coefficient (Wildman–Crippen LogP) is 2.16. The summed E-state index contributed by atoms with van der Waals surface area (Å²) in [7, 11) is 0. The fraction of sp³-hybridized carbons (Fsp3) is 0.308. The maximum absolute atomic E-state index is 11.9. The summed E-state index contributed by atoms with van der Waals surface area (Å²) < 4.78 is 0. The zero-order chi connectivity index (χ0) is 12.4. The van der Waals surface area contributed by atoms with E-state index in [0.717, 1.165) is 16.7 Å². The molecular weight excluding hydrogens is 214 g/mol. The number of rotatable bonds is 3. The number of hydrogen-bond acceptors (Lipinski definition) is 3. The van der Waals surface area contributed by atoms with E-state index in [1.165, 1.54) is 11.8 Å². The van der Waals surface area contributed by atoms with Gasteiger partial charge in [0.1, 0.15) is 5.69 Å². The van der Waals surface area contributed by atoms with Crippen molar-refractivity contribution in [3.8, 4) is 0 Å². The van der Waals surface area contributed by atoms with Crippen molar-refractivity contribution in [1.29, 1.82) is 0 Å². The normalized spacial score (nSPS) is 10.5. The largest absolute Gasteiger partial charge is 0.292 e. The molecule has 2 rings (SSSR count). The summed E-state index contributed by atoms with van der Waals surface area (Å²) in [5.74, 6) is -0.00574. The molecule has 0 spiro atoms. The van der Waals surface area contributed by atoms with E-state index in [4.69, 9.17) is 0 Å². The molecule has 4 heteroatoms. The number of benzene rings is 1. The monoisotopic (exact) mass is 229 g/mol. The molecule has 0 unspecified atom stereocenters. The highest BCUT2D eigenvalue weighted by molar-refractivity contribution is 5.95. The van der Waals surface area contributed by atoms with Gasteiger partial charge in [0.15, 0.2) is 5.78 Å². The van der Waals surface area contributed by atoms with Crippen LogP contribution in [-0.2, 0) is 6.42 Å². The summed E-state index contributed by atoms with van der Waals surface area (Å²) in [5.41, 5.74) is 5.00. The molecule has 0 aliphatic heterocycles. The van der Waals surface area contributed by atoms with Gasteiger partial charge in [-0.15, -0.1) is 0 Å². The highest BCUT2D eigenvalue weighted by atomic mass is 16.1. The van der Waals surface area contributed by atoms with Crippen molar-refractivity contribution in [2.24, 2.45) is 0 Å². The Balaban J connectivity index is 2.28. The van der Waals surface area contributed by atoms with Gasteiger partial charge in [-0.05, 0) is 37.5 Å². The number of aromatic amines is 1. The van der Waals surface area contributed by atoms with Gasteiger partial charge in [0, 0.05) is 6.42 Å². The van der Waals surface area contributed by atoms with Crippen LogP contribution in [0.5, 0.6) is 0 Å². The molecule has 2 aromatic rings. The molecule has 88 valence electrons. The average Bonchev–Trinajstić information content (AvgIpc) is 2.76. The van der Waals surface area contributed by atoms with E-state index >= 15 is 0 Å². The summed E-state index contributed by atoms with van der Waals surface area (Å²) in [6.07, 6.45) is 1.84. The average molecular weight is 229 g/mol. The van der Waals surface area contributed by atoms with Gasteiger partial charge in [-0.3, -0.25) is 4.79 Å². The Bertz CT molecular complexity index is 521. The lowest BCUT2D eigenvalue weighted by Crippen LogP contribution is -2.07. The number of hydrogen-bond donors (Lipinski definition) is 1. The number of nitrogens with one attached hydrogen (secondary N) is 1. The van der Waals surface area contributed by atoms with Crippen molar-refractivity contribution in [1.82, 2.24) is 15.4 Å². The minimum absolute atomic E-state index is 0.00574. The molecule has 0 fully saturated rings. The molecule has 1 aromatic heterocycles. The summed E-state index contributed by atoms with van der Waals surface area (Å²) in [6, 6.07) is 4.19. The number of ketones is 1. The quantitative estimate of drug-likeness (QED) is 0.820. The Hall–Kier alpha value is -1.97. The number of carbonyl (C=O) groups is 1. The second kappa shape index (κ2) is 4.49.